The number of aromatic nitrogens is 1. The van der Waals surface area contributed by atoms with E-state index in [0.717, 1.165) is 19.4 Å². The van der Waals surface area contributed by atoms with Gasteiger partial charge in [-0.05, 0) is 32.6 Å². The Morgan fingerprint density at radius 1 is 1.10 bits per heavy atom. The minimum atomic E-state index is -3.13. The van der Waals surface area contributed by atoms with Crippen LogP contribution in [0.5, 0.6) is 0 Å². The van der Waals surface area contributed by atoms with Gasteiger partial charge in [-0.1, -0.05) is 0 Å². The number of nitrogens with zero attached hydrogens (tertiary/aromatic N) is 3. The summed E-state index contributed by atoms with van der Waals surface area (Å²) in [5, 5.41) is 14.4. The van der Waals surface area contributed by atoms with Gasteiger partial charge in [-0.2, -0.15) is 0 Å². The summed E-state index contributed by atoms with van der Waals surface area (Å²) in [6.07, 6.45) is 3.24. The average molecular weight is 444 g/mol. The van der Waals surface area contributed by atoms with Crippen molar-refractivity contribution < 1.29 is 33.0 Å². The monoisotopic (exact) mass is 443 g/mol. The Hall–Kier alpha value is -2.53. The number of hydrogen-bond donors (Lipinski definition) is 2. The van der Waals surface area contributed by atoms with Gasteiger partial charge in [0.05, 0.1) is 16.6 Å². The lowest BCUT2D eigenvalue weighted by Crippen LogP contribution is -2.38. The highest BCUT2D eigenvalue weighted by molar-refractivity contribution is 7.92. The van der Waals surface area contributed by atoms with Gasteiger partial charge in [0.2, 0.25) is 0 Å². The molecule has 0 spiro atoms. The zero-order chi connectivity index (χ0) is 23.2. The van der Waals surface area contributed by atoms with Crippen LogP contribution < -0.4 is 0 Å². The smallest absolute Gasteiger partial charge is 0.300 e. The summed E-state index contributed by atoms with van der Waals surface area (Å²) < 4.78 is 24.7. The second-order valence-corrected chi connectivity index (χ2v) is 9.83. The number of aryl methyl sites for hydroxylation is 1. The molecule has 0 radical (unpaired) electrons. The van der Waals surface area contributed by atoms with Gasteiger partial charge in [-0.3, -0.25) is 19.4 Å². The number of hydrogen-bond acceptors (Lipinski definition) is 7. The number of aliphatic carboxylic acids is 2. The molecule has 1 aromatic rings. The van der Waals surface area contributed by atoms with Crippen LogP contribution in [0, 0.1) is 12.8 Å². The van der Waals surface area contributed by atoms with Crippen LogP contribution in [-0.4, -0.2) is 95.5 Å². The Morgan fingerprint density at radius 2 is 1.63 bits per heavy atom. The Morgan fingerprint density at radius 3 is 2.10 bits per heavy atom. The molecule has 2 saturated heterocycles. The first kappa shape index (κ1) is 25.5. The van der Waals surface area contributed by atoms with E-state index in [-0.39, 0.29) is 23.6 Å². The van der Waals surface area contributed by atoms with E-state index in [0.29, 0.717) is 18.7 Å². The fourth-order valence-corrected chi connectivity index (χ4v) is 6.06. The Labute approximate surface area is 176 Å². The molecule has 0 aromatic carbocycles. The third-order valence-corrected chi connectivity index (χ3v) is 6.97. The zero-order valence-electron chi connectivity index (χ0n) is 17.8. The van der Waals surface area contributed by atoms with Crippen LogP contribution in [-0.2, 0) is 19.4 Å². The van der Waals surface area contributed by atoms with Gasteiger partial charge in [0.25, 0.3) is 17.8 Å². The molecule has 0 bridgehead atoms. The number of amides is 1. The fourth-order valence-electron chi connectivity index (χ4n) is 3.59. The third-order valence-electron chi connectivity index (χ3n) is 4.74. The molecule has 3 atom stereocenters. The number of carbonyl (C=O) groups excluding carboxylic acids is 1. The topological polar surface area (TPSA) is 145 Å². The molecule has 2 fully saturated rings. The first-order valence-corrected chi connectivity index (χ1v) is 11.0. The Balaban J connectivity index is 0.000000485. The summed E-state index contributed by atoms with van der Waals surface area (Å²) in [5.74, 6) is -1.59. The number of carbonyl (C=O) groups is 3. The molecule has 2 N–H and O–H groups in total. The molecule has 0 unspecified atom stereocenters. The van der Waals surface area contributed by atoms with Gasteiger partial charge in [-0.15, -0.1) is 0 Å². The molecular weight excluding hydrogens is 414 g/mol. The first-order valence-electron chi connectivity index (χ1n) is 9.24. The number of fused-ring (bicyclic) bond motifs is 1. The molecule has 0 aliphatic carbocycles. The number of carboxylic acid groups (broad SMARTS) is 2. The fraction of sp³-hybridized carbons (Fsp3) is 0.579. The van der Waals surface area contributed by atoms with Crippen LogP contribution in [0.3, 0.4) is 0 Å². The highest BCUT2D eigenvalue weighted by Gasteiger charge is 2.53. The highest BCUT2D eigenvalue weighted by Crippen LogP contribution is 2.36. The van der Waals surface area contributed by atoms with Crippen LogP contribution >= 0.6 is 0 Å². The molecule has 3 heterocycles. The van der Waals surface area contributed by atoms with Crippen molar-refractivity contribution in [2.45, 2.75) is 32.1 Å². The minimum Gasteiger partial charge on any atom is -0.481 e. The largest absolute Gasteiger partial charge is 0.481 e. The van der Waals surface area contributed by atoms with E-state index in [9.17, 15) is 13.2 Å². The van der Waals surface area contributed by atoms with E-state index in [4.69, 9.17) is 19.8 Å². The summed E-state index contributed by atoms with van der Waals surface area (Å²) in [4.78, 5) is 38.3. The van der Waals surface area contributed by atoms with Crippen LogP contribution in [0.2, 0.25) is 0 Å². The predicted octanol–water partition coefficient (Wildman–Crippen LogP) is 0.371. The second kappa shape index (κ2) is 10.5. The van der Waals surface area contributed by atoms with Crippen molar-refractivity contribution in [2.24, 2.45) is 5.92 Å². The lowest BCUT2D eigenvalue weighted by molar-refractivity contribution is -0.135. The van der Waals surface area contributed by atoms with E-state index in [1.165, 1.54) is 0 Å². The van der Waals surface area contributed by atoms with E-state index >= 15 is 0 Å². The van der Waals surface area contributed by atoms with Crippen LogP contribution in [0.25, 0.3) is 0 Å². The lowest BCUT2D eigenvalue weighted by Gasteiger charge is -2.25. The summed E-state index contributed by atoms with van der Waals surface area (Å²) in [7, 11) is 0.675. The summed E-state index contributed by atoms with van der Waals surface area (Å²) in [5.41, 5.74) is 1.45. The van der Waals surface area contributed by atoms with Gasteiger partial charge in [0, 0.05) is 51.3 Å². The van der Waals surface area contributed by atoms with Crippen molar-refractivity contribution in [2.75, 3.05) is 32.9 Å². The van der Waals surface area contributed by atoms with Gasteiger partial charge in [0.1, 0.15) is 0 Å². The maximum Gasteiger partial charge on any atom is 0.300 e. The Kier molecular flexibility index (Phi) is 8.91. The van der Waals surface area contributed by atoms with Crippen molar-refractivity contribution in [1.82, 2.24) is 14.8 Å². The van der Waals surface area contributed by atoms with Crippen LogP contribution in [0.15, 0.2) is 18.5 Å². The number of sulfone groups is 1. The molecule has 2 aliphatic rings. The van der Waals surface area contributed by atoms with E-state index in [1.807, 2.05) is 25.9 Å². The van der Waals surface area contributed by atoms with Crippen molar-refractivity contribution in [3.8, 4) is 0 Å². The summed E-state index contributed by atoms with van der Waals surface area (Å²) in [6, 6.07) is 1.78. The molecule has 30 heavy (non-hydrogen) atoms. The number of rotatable bonds is 2. The molecule has 1 aromatic heterocycles. The maximum absolute atomic E-state index is 12.6. The zero-order valence-corrected chi connectivity index (χ0v) is 18.6. The van der Waals surface area contributed by atoms with Gasteiger partial charge < -0.3 is 20.0 Å². The molecule has 168 valence electrons. The number of pyridine rings is 1. The summed E-state index contributed by atoms with van der Waals surface area (Å²) in [6.45, 7) is 4.85. The normalized spacial score (nSPS) is 23.5. The average Bonchev–Trinajstić information content (AvgIpc) is 3.13. The van der Waals surface area contributed by atoms with Crippen LogP contribution in [0.4, 0.5) is 0 Å². The minimum absolute atomic E-state index is 0.00159. The lowest BCUT2D eigenvalue weighted by atomic mass is 10.00. The van der Waals surface area contributed by atoms with Crippen molar-refractivity contribution in [3.63, 3.8) is 0 Å². The second-order valence-electron chi connectivity index (χ2n) is 7.56. The van der Waals surface area contributed by atoms with Gasteiger partial charge in [-0.25, -0.2) is 8.42 Å². The van der Waals surface area contributed by atoms with Gasteiger partial charge >= 0.3 is 0 Å². The SMILES string of the molecule is CC(=O)O.CC(=O)O.Cc1cncc(C(=O)N2C[C@H]3[C@H](N(C)C)CS(=O)(=O)[C@H]3C2)c1. The maximum atomic E-state index is 12.6. The molecule has 2 aliphatic heterocycles. The van der Waals surface area contributed by atoms with Crippen molar-refractivity contribution >= 4 is 27.7 Å². The molecule has 10 nitrogen and oxygen atoms in total. The number of carboxylic acids is 2. The number of likely N-dealkylation sites (tertiary alicyclic amines) is 1. The molecular formula is C19H29N3O7S. The third kappa shape index (κ3) is 7.06. The van der Waals surface area contributed by atoms with E-state index in [2.05, 4.69) is 4.98 Å². The molecule has 3 rings (SSSR count). The van der Waals surface area contributed by atoms with Crippen molar-refractivity contribution in [1.29, 1.82) is 0 Å². The van der Waals surface area contributed by atoms with Crippen molar-refractivity contribution in [3.05, 3.63) is 29.6 Å². The van der Waals surface area contributed by atoms with Crippen LogP contribution in [0.1, 0.15) is 29.8 Å². The molecule has 1 amide bonds. The highest BCUT2D eigenvalue weighted by atomic mass is 32.2. The molecule has 11 heteroatoms. The predicted molar refractivity (Wildman–Crippen MR) is 110 cm³/mol. The first-order chi connectivity index (χ1) is 13.8. The summed E-state index contributed by atoms with van der Waals surface area (Å²) >= 11 is 0. The molecule has 0 saturated carbocycles. The van der Waals surface area contributed by atoms with E-state index in [1.54, 1.807) is 23.4 Å². The standard InChI is InChI=1S/C15H21N3O3S.2C2H4O2/c1-10-4-11(6-16-5-10)15(19)18-7-12-13(17(2)3)9-22(20,21)14(12)8-18;2*1-2(3)4/h4-6,12-14H,7-9H2,1-3H3;2*1H3,(H,3,4)/t12-,13+,14-;;/m0../s1. The quantitative estimate of drug-likeness (QED) is 0.662. The van der Waals surface area contributed by atoms with Gasteiger partial charge in [0.15, 0.2) is 9.84 Å². The van der Waals surface area contributed by atoms with E-state index < -0.39 is 27.0 Å². The Bertz CT molecular complexity index is 866.